The van der Waals surface area contributed by atoms with E-state index in [2.05, 4.69) is 32.1 Å². The van der Waals surface area contributed by atoms with Crippen molar-refractivity contribution in [2.75, 3.05) is 31.6 Å². The molecule has 0 amide bonds. The predicted octanol–water partition coefficient (Wildman–Crippen LogP) is 0.307. The summed E-state index contributed by atoms with van der Waals surface area (Å²) < 4.78 is 4.62. The third-order valence-corrected chi connectivity index (χ3v) is 4.27. The largest absolute Gasteiger partial charge is 0.464 e. The Morgan fingerprint density at radius 1 is 1.42 bits per heavy atom. The van der Waals surface area contributed by atoms with E-state index < -0.39 is 5.97 Å². The Kier molecular flexibility index (Phi) is 3.10. The quantitative estimate of drug-likeness (QED) is 0.774. The third kappa shape index (κ3) is 2.06. The summed E-state index contributed by atoms with van der Waals surface area (Å²) in [6.07, 6.45) is 0. The fraction of sp³-hybridized carbons (Fsp3) is 0.615. The van der Waals surface area contributed by atoms with Gasteiger partial charge >= 0.3 is 5.97 Å². The minimum atomic E-state index is -0.449. The maximum atomic E-state index is 11.3. The van der Waals surface area contributed by atoms with E-state index >= 15 is 0 Å². The molecule has 3 atom stereocenters. The third-order valence-electron chi connectivity index (χ3n) is 4.27. The molecule has 1 N–H and O–H groups in total. The number of nitrogens with zero attached hydrogens (tertiary/aromatic N) is 3. The Bertz CT molecular complexity index is 476. The van der Waals surface area contributed by atoms with Gasteiger partial charge in [-0.05, 0) is 30.9 Å². The average Bonchev–Trinajstić information content (AvgIpc) is 3.02. The number of aromatic nitrogens is 2. The molecule has 0 bridgehead atoms. The Morgan fingerprint density at radius 3 is 2.89 bits per heavy atom. The number of hydrogen-bond donors (Lipinski definition) is 1. The highest BCUT2D eigenvalue weighted by atomic mass is 16.5. The van der Waals surface area contributed by atoms with Gasteiger partial charge in [-0.3, -0.25) is 0 Å². The number of anilines is 1. The van der Waals surface area contributed by atoms with Crippen molar-refractivity contribution in [3.05, 3.63) is 17.8 Å². The van der Waals surface area contributed by atoms with Crippen LogP contribution in [0.2, 0.25) is 0 Å². The van der Waals surface area contributed by atoms with E-state index in [4.69, 9.17) is 0 Å². The lowest BCUT2D eigenvalue weighted by Crippen LogP contribution is -2.34. The fourth-order valence-corrected chi connectivity index (χ4v) is 3.16. The molecule has 2 fully saturated rings. The molecule has 1 aromatic rings. The predicted molar refractivity (Wildman–Crippen MR) is 70.0 cm³/mol. The number of ether oxygens (including phenoxy) is 1. The van der Waals surface area contributed by atoms with Crippen LogP contribution in [-0.2, 0) is 4.74 Å². The number of hydrogen-bond acceptors (Lipinski definition) is 6. The van der Waals surface area contributed by atoms with Gasteiger partial charge in [-0.15, -0.1) is 10.2 Å². The number of carbonyl (C=O) groups is 1. The lowest BCUT2D eigenvalue weighted by Gasteiger charge is -2.24. The molecule has 1 aromatic heterocycles. The van der Waals surface area contributed by atoms with E-state index in [0.717, 1.165) is 25.5 Å². The lowest BCUT2D eigenvalue weighted by atomic mass is 9.95. The minimum absolute atomic E-state index is 0.250. The molecule has 3 heterocycles. The van der Waals surface area contributed by atoms with Gasteiger partial charge in [0, 0.05) is 25.7 Å². The fourth-order valence-electron chi connectivity index (χ4n) is 3.16. The molecular formula is C13H18N4O2. The molecule has 0 radical (unpaired) electrons. The molecule has 2 aliphatic rings. The highest BCUT2D eigenvalue weighted by molar-refractivity contribution is 5.86. The molecular weight excluding hydrogens is 244 g/mol. The second-order valence-corrected chi connectivity index (χ2v) is 5.24. The lowest BCUT2D eigenvalue weighted by molar-refractivity contribution is 0.0592. The minimum Gasteiger partial charge on any atom is -0.464 e. The van der Waals surface area contributed by atoms with Gasteiger partial charge in [0.05, 0.1) is 7.11 Å². The first-order valence-corrected chi connectivity index (χ1v) is 6.60. The molecule has 2 saturated heterocycles. The van der Waals surface area contributed by atoms with Crippen LogP contribution in [0.4, 0.5) is 5.82 Å². The number of esters is 1. The van der Waals surface area contributed by atoms with Crippen LogP contribution in [0.15, 0.2) is 12.1 Å². The maximum Gasteiger partial charge on any atom is 0.358 e. The maximum absolute atomic E-state index is 11.3. The SMILES string of the molecule is COC(=O)c1ccc(N2CC3CNCC3C2C)nn1. The molecule has 0 aliphatic carbocycles. The van der Waals surface area contributed by atoms with Crippen LogP contribution in [0.1, 0.15) is 17.4 Å². The topological polar surface area (TPSA) is 67.3 Å². The molecule has 2 aliphatic heterocycles. The van der Waals surface area contributed by atoms with Crippen LogP contribution in [-0.4, -0.2) is 49.0 Å². The van der Waals surface area contributed by atoms with Crippen molar-refractivity contribution in [3.8, 4) is 0 Å². The van der Waals surface area contributed by atoms with Gasteiger partial charge < -0.3 is 15.0 Å². The summed E-state index contributed by atoms with van der Waals surface area (Å²) >= 11 is 0. The van der Waals surface area contributed by atoms with Crippen molar-refractivity contribution >= 4 is 11.8 Å². The Hall–Kier alpha value is -1.69. The van der Waals surface area contributed by atoms with Crippen LogP contribution in [0.25, 0.3) is 0 Å². The molecule has 0 aromatic carbocycles. The second-order valence-electron chi connectivity index (χ2n) is 5.24. The van der Waals surface area contributed by atoms with Gasteiger partial charge in [0.2, 0.25) is 0 Å². The van der Waals surface area contributed by atoms with E-state index in [-0.39, 0.29) is 5.69 Å². The molecule has 0 saturated carbocycles. The van der Waals surface area contributed by atoms with E-state index in [1.165, 1.54) is 7.11 Å². The zero-order chi connectivity index (χ0) is 13.4. The molecule has 0 spiro atoms. The summed E-state index contributed by atoms with van der Waals surface area (Å²) in [5.74, 6) is 1.77. The Morgan fingerprint density at radius 2 is 2.26 bits per heavy atom. The van der Waals surface area contributed by atoms with Crippen LogP contribution in [0, 0.1) is 11.8 Å². The molecule has 19 heavy (non-hydrogen) atoms. The Balaban J connectivity index is 1.78. The number of rotatable bonds is 2. The van der Waals surface area contributed by atoms with Crippen LogP contribution < -0.4 is 10.2 Å². The van der Waals surface area contributed by atoms with Gasteiger partial charge in [0.25, 0.3) is 0 Å². The highest BCUT2D eigenvalue weighted by Gasteiger charge is 2.42. The first kappa shape index (κ1) is 12.3. The van der Waals surface area contributed by atoms with E-state index in [1.54, 1.807) is 6.07 Å². The van der Waals surface area contributed by atoms with Gasteiger partial charge in [-0.25, -0.2) is 4.79 Å². The van der Waals surface area contributed by atoms with Crippen molar-refractivity contribution in [1.82, 2.24) is 15.5 Å². The smallest absolute Gasteiger partial charge is 0.358 e. The van der Waals surface area contributed by atoms with E-state index in [0.29, 0.717) is 17.9 Å². The van der Waals surface area contributed by atoms with Gasteiger partial charge in [0.15, 0.2) is 11.5 Å². The summed E-state index contributed by atoms with van der Waals surface area (Å²) in [6, 6.07) is 3.98. The highest BCUT2D eigenvalue weighted by Crippen LogP contribution is 2.34. The van der Waals surface area contributed by atoms with Gasteiger partial charge in [-0.2, -0.15) is 0 Å². The van der Waals surface area contributed by atoms with Crippen molar-refractivity contribution < 1.29 is 9.53 Å². The van der Waals surface area contributed by atoms with Crippen molar-refractivity contribution in [2.45, 2.75) is 13.0 Å². The Labute approximate surface area is 112 Å². The summed E-state index contributed by atoms with van der Waals surface area (Å²) in [6.45, 7) is 5.40. The average molecular weight is 262 g/mol. The van der Waals surface area contributed by atoms with Crippen molar-refractivity contribution in [3.63, 3.8) is 0 Å². The van der Waals surface area contributed by atoms with Gasteiger partial charge in [0.1, 0.15) is 0 Å². The van der Waals surface area contributed by atoms with Crippen LogP contribution in [0.3, 0.4) is 0 Å². The molecule has 6 heteroatoms. The van der Waals surface area contributed by atoms with E-state index in [1.807, 2.05) is 6.07 Å². The first-order chi connectivity index (χ1) is 9.20. The van der Waals surface area contributed by atoms with Crippen molar-refractivity contribution in [1.29, 1.82) is 0 Å². The van der Waals surface area contributed by atoms with Crippen LogP contribution in [0.5, 0.6) is 0 Å². The monoisotopic (exact) mass is 262 g/mol. The second kappa shape index (κ2) is 4.77. The molecule has 3 unspecified atom stereocenters. The summed E-state index contributed by atoms with van der Waals surface area (Å²) in [5.41, 5.74) is 0.250. The van der Waals surface area contributed by atoms with E-state index in [9.17, 15) is 4.79 Å². The standard InChI is InChI=1S/C13H18N4O2/c1-8-10-6-14-5-9(10)7-17(8)12-4-3-11(15-16-12)13(18)19-2/h3-4,8-10,14H,5-7H2,1-2H3. The van der Waals surface area contributed by atoms with Crippen LogP contribution >= 0.6 is 0 Å². The normalized spacial score (nSPS) is 29.4. The van der Waals surface area contributed by atoms with Crippen molar-refractivity contribution in [2.24, 2.45) is 11.8 Å². The number of carbonyl (C=O) groups excluding carboxylic acids is 1. The zero-order valence-corrected chi connectivity index (χ0v) is 11.2. The molecule has 3 rings (SSSR count). The number of methoxy groups -OCH3 is 1. The molecule has 102 valence electrons. The first-order valence-electron chi connectivity index (χ1n) is 6.60. The zero-order valence-electron chi connectivity index (χ0n) is 11.2. The number of nitrogens with one attached hydrogen (secondary N) is 1. The summed E-state index contributed by atoms with van der Waals surface area (Å²) in [7, 11) is 1.34. The summed E-state index contributed by atoms with van der Waals surface area (Å²) in [5, 5.41) is 11.5. The molecule has 6 nitrogen and oxygen atoms in total. The van der Waals surface area contributed by atoms with Gasteiger partial charge in [-0.1, -0.05) is 0 Å². The number of fused-ring (bicyclic) bond motifs is 1. The summed E-state index contributed by atoms with van der Waals surface area (Å²) in [4.78, 5) is 13.6.